The third-order valence-electron chi connectivity index (χ3n) is 8.04. The highest BCUT2D eigenvalue weighted by Gasteiger charge is 2.51. The third kappa shape index (κ3) is 3.50. The van der Waals surface area contributed by atoms with Crippen molar-refractivity contribution < 1.29 is 13.2 Å². The highest BCUT2D eigenvalue weighted by atomic mass is 32.2. The highest BCUT2D eigenvalue weighted by molar-refractivity contribution is 7.89. The van der Waals surface area contributed by atoms with Gasteiger partial charge in [-0.25, -0.2) is 8.42 Å². The zero-order chi connectivity index (χ0) is 20.9. The summed E-state index contributed by atoms with van der Waals surface area (Å²) in [4.78, 5) is 18.9. The number of carbonyl (C=O) groups excluding carboxylic acids is 1. The molecule has 0 N–H and O–H groups in total. The van der Waals surface area contributed by atoms with Gasteiger partial charge in [0.05, 0.1) is 0 Å². The topological polar surface area (TPSA) is 70.6 Å². The molecule has 4 saturated carbocycles. The summed E-state index contributed by atoms with van der Waals surface area (Å²) < 4.78 is 27.0. The molecular weight excluding hydrogens is 398 g/mol. The Labute approximate surface area is 179 Å². The summed E-state index contributed by atoms with van der Waals surface area (Å²) in [5, 5.41) is 0. The number of rotatable bonds is 4. The first-order valence-corrected chi connectivity index (χ1v) is 12.7. The van der Waals surface area contributed by atoms with Crippen molar-refractivity contribution in [3.05, 3.63) is 36.2 Å². The second-order valence-corrected chi connectivity index (χ2v) is 11.9. The smallest absolute Gasteiger partial charge is 0.246 e. The van der Waals surface area contributed by atoms with Gasteiger partial charge >= 0.3 is 0 Å². The first-order valence-electron chi connectivity index (χ1n) is 11.2. The van der Waals surface area contributed by atoms with Gasteiger partial charge < -0.3 is 4.90 Å². The monoisotopic (exact) mass is 429 g/mol. The van der Waals surface area contributed by atoms with Crippen LogP contribution in [0.25, 0.3) is 0 Å². The van der Waals surface area contributed by atoms with Gasteiger partial charge in [-0.1, -0.05) is 5.57 Å². The number of nitrogens with zero attached hydrogens (tertiary/aromatic N) is 3. The van der Waals surface area contributed by atoms with Gasteiger partial charge in [-0.2, -0.15) is 4.31 Å². The van der Waals surface area contributed by atoms with Gasteiger partial charge in [0.25, 0.3) is 0 Å². The molecule has 4 aliphatic carbocycles. The molecule has 6 rings (SSSR count). The van der Waals surface area contributed by atoms with Crippen molar-refractivity contribution in [2.45, 2.75) is 50.3 Å². The maximum atomic E-state index is 13.0. The van der Waals surface area contributed by atoms with Crippen LogP contribution in [0, 0.1) is 23.2 Å². The summed E-state index contributed by atoms with van der Waals surface area (Å²) in [7, 11) is -3.55. The Bertz CT molecular complexity index is 914. The molecule has 162 valence electrons. The second kappa shape index (κ2) is 7.45. The van der Waals surface area contributed by atoms with Crippen molar-refractivity contribution in [1.82, 2.24) is 14.2 Å². The summed E-state index contributed by atoms with van der Waals surface area (Å²) >= 11 is 0. The predicted octanol–water partition coefficient (Wildman–Crippen LogP) is 3.08. The minimum atomic E-state index is -3.55. The van der Waals surface area contributed by atoms with Gasteiger partial charge in [-0.05, 0) is 80.8 Å². The fourth-order valence-electron chi connectivity index (χ4n) is 6.82. The fourth-order valence-corrected chi connectivity index (χ4v) is 8.21. The zero-order valence-electron chi connectivity index (χ0n) is 17.7. The van der Waals surface area contributed by atoms with Crippen LogP contribution >= 0.6 is 0 Å². The van der Waals surface area contributed by atoms with Gasteiger partial charge in [0.15, 0.2) is 0 Å². The average Bonchev–Trinajstić information content (AvgIpc) is 2.73. The number of hydrogen-bond acceptors (Lipinski definition) is 4. The van der Waals surface area contributed by atoms with Crippen LogP contribution in [0.5, 0.6) is 0 Å². The van der Waals surface area contributed by atoms with Crippen LogP contribution in [0.2, 0.25) is 0 Å². The lowest BCUT2D eigenvalue weighted by molar-refractivity contribution is -0.127. The lowest BCUT2D eigenvalue weighted by atomic mass is 9.48. The Morgan fingerprint density at radius 1 is 1.07 bits per heavy atom. The first-order chi connectivity index (χ1) is 14.4. The van der Waals surface area contributed by atoms with E-state index in [4.69, 9.17) is 0 Å². The standard InChI is InChI=1S/C23H31N3O3S/c1-17(23-13-18-10-19(14-23)12-20(11-18)15-23)9-22(27)25-5-7-26(8-6-25)30(28,29)21-3-2-4-24-16-21/h2-4,9,16,18-20H,5-8,10-15H2,1H3/b17-9-. The summed E-state index contributed by atoms with van der Waals surface area (Å²) in [6, 6.07) is 3.20. The Hall–Kier alpha value is -1.73. The van der Waals surface area contributed by atoms with Gasteiger partial charge in [0.1, 0.15) is 4.90 Å². The molecule has 1 amide bonds. The zero-order valence-corrected chi connectivity index (χ0v) is 18.5. The van der Waals surface area contributed by atoms with E-state index >= 15 is 0 Å². The van der Waals surface area contributed by atoms with Crippen molar-refractivity contribution in [2.24, 2.45) is 23.2 Å². The van der Waals surface area contributed by atoms with E-state index in [0.29, 0.717) is 26.2 Å². The normalized spacial score (nSPS) is 34.4. The van der Waals surface area contributed by atoms with Crippen molar-refractivity contribution >= 4 is 15.9 Å². The molecule has 1 aromatic heterocycles. The van der Waals surface area contributed by atoms with Crippen molar-refractivity contribution in [3.63, 3.8) is 0 Å². The summed E-state index contributed by atoms with van der Waals surface area (Å²) in [6.07, 6.45) is 12.8. The molecule has 4 bridgehead atoms. The maximum absolute atomic E-state index is 13.0. The Balaban J connectivity index is 1.24. The van der Waals surface area contributed by atoms with E-state index in [1.165, 1.54) is 54.6 Å². The molecule has 0 unspecified atom stereocenters. The minimum absolute atomic E-state index is 0.0432. The van der Waals surface area contributed by atoms with Crippen molar-refractivity contribution in [3.8, 4) is 0 Å². The molecule has 5 fully saturated rings. The Kier molecular flexibility index (Phi) is 5.01. The number of sulfonamides is 1. The lowest BCUT2D eigenvalue weighted by Gasteiger charge is -2.57. The number of aromatic nitrogens is 1. The molecule has 5 aliphatic rings. The van der Waals surface area contributed by atoms with Crippen LogP contribution in [0.1, 0.15) is 45.4 Å². The molecule has 1 aliphatic heterocycles. The average molecular weight is 430 g/mol. The second-order valence-electron chi connectivity index (χ2n) is 9.94. The molecule has 30 heavy (non-hydrogen) atoms. The van der Waals surface area contributed by atoms with E-state index in [1.807, 2.05) is 6.08 Å². The van der Waals surface area contributed by atoms with E-state index in [1.54, 1.807) is 23.2 Å². The number of allylic oxidation sites excluding steroid dienone is 1. The number of pyridine rings is 1. The van der Waals surface area contributed by atoms with Gasteiger partial charge in [-0.3, -0.25) is 9.78 Å². The summed E-state index contributed by atoms with van der Waals surface area (Å²) in [5.74, 6) is 2.62. The Morgan fingerprint density at radius 3 is 2.20 bits per heavy atom. The maximum Gasteiger partial charge on any atom is 0.246 e. The number of carbonyl (C=O) groups is 1. The lowest BCUT2D eigenvalue weighted by Crippen LogP contribution is -2.50. The van der Waals surface area contributed by atoms with Crippen LogP contribution in [-0.2, 0) is 14.8 Å². The van der Waals surface area contributed by atoms with E-state index in [0.717, 1.165) is 17.8 Å². The molecule has 1 aromatic rings. The summed E-state index contributed by atoms with van der Waals surface area (Å²) in [5.41, 5.74) is 1.51. The van der Waals surface area contributed by atoms with Gasteiger partial charge in [-0.15, -0.1) is 0 Å². The SMILES string of the molecule is C/C(=C/C(=O)N1CCN(S(=O)(=O)c2cccnc2)CC1)C12CC3CC(CC(C3)C1)C2. The highest BCUT2D eigenvalue weighted by Crippen LogP contribution is 2.62. The van der Waals surface area contributed by atoms with E-state index in [9.17, 15) is 13.2 Å². The van der Waals surface area contributed by atoms with E-state index < -0.39 is 10.0 Å². The molecule has 7 heteroatoms. The fraction of sp³-hybridized carbons (Fsp3) is 0.652. The van der Waals surface area contributed by atoms with Crippen LogP contribution in [-0.4, -0.2) is 54.7 Å². The predicted molar refractivity (Wildman–Crippen MR) is 114 cm³/mol. The van der Waals surface area contributed by atoms with E-state index in [-0.39, 0.29) is 16.2 Å². The molecule has 6 nitrogen and oxygen atoms in total. The van der Waals surface area contributed by atoms with Crippen LogP contribution in [0.4, 0.5) is 0 Å². The molecule has 0 radical (unpaired) electrons. The number of amides is 1. The largest absolute Gasteiger partial charge is 0.337 e. The van der Waals surface area contributed by atoms with Crippen molar-refractivity contribution in [2.75, 3.05) is 26.2 Å². The van der Waals surface area contributed by atoms with Crippen LogP contribution in [0.3, 0.4) is 0 Å². The molecular formula is C23H31N3O3S. The quantitative estimate of drug-likeness (QED) is 0.690. The molecule has 2 heterocycles. The molecule has 0 atom stereocenters. The van der Waals surface area contributed by atoms with Gasteiger partial charge in [0, 0.05) is 44.6 Å². The molecule has 0 aromatic carbocycles. The summed E-state index contributed by atoms with van der Waals surface area (Å²) in [6.45, 7) is 3.68. The van der Waals surface area contributed by atoms with E-state index in [2.05, 4.69) is 11.9 Å². The Morgan fingerprint density at radius 2 is 1.67 bits per heavy atom. The van der Waals surface area contributed by atoms with Crippen molar-refractivity contribution in [1.29, 1.82) is 0 Å². The van der Waals surface area contributed by atoms with Gasteiger partial charge in [0.2, 0.25) is 15.9 Å². The van der Waals surface area contributed by atoms with Crippen LogP contribution < -0.4 is 0 Å². The molecule has 0 spiro atoms. The number of piperazine rings is 1. The van der Waals surface area contributed by atoms with Crippen LogP contribution in [0.15, 0.2) is 41.1 Å². The number of hydrogen-bond donors (Lipinski definition) is 0. The third-order valence-corrected chi connectivity index (χ3v) is 9.92. The first kappa shape index (κ1) is 20.2. The molecule has 1 saturated heterocycles. The minimum Gasteiger partial charge on any atom is -0.337 e.